The number of nitrogens with zero attached hydrogens (tertiary/aromatic N) is 5. The molecule has 0 unspecified atom stereocenters. The number of aryl methyl sites for hydroxylation is 1. The third kappa shape index (κ3) is 4.87. The summed E-state index contributed by atoms with van der Waals surface area (Å²) in [6.45, 7) is 3.21. The molecule has 0 fully saturated rings. The zero-order chi connectivity index (χ0) is 18.2. The van der Waals surface area contributed by atoms with Crippen LogP contribution in [0.4, 0.5) is 5.82 Å². The van der Waals surface area contributed by atoms with Crippen LogP contribution >= 0.6 is 0 Å². The topological polar surface area (TPSA) is 89.2 Å². The number of anilines is 1. The van der Waals surface area contributed by atoms with Crippen LogP contribution in [-0.2, 0) is 0 Å². The van der Waals surface area contributed by atoms with Crippen molar-refractivity contribution in [3.05, 3.63) is 60.2 Å². The molecule has 8 heteroatoms. The van der Waals surface area contributed by atoms with Crippen molar-refractivity contribution in [3.63, 3.8) is 0 Å². The van der Waals surface area contributed by atoms with E-state index >= 15 is 0 Å². The molecule has 1 aromatic carbocycles. The Morgan fingerprint density at radius 2 is 2.19 bits per heavy atom. The van der Waals surface area contributed by atoms with Gasteiger partial charge in [0.15, 0.2) is 5.82 Å². The predicted octanol–water partition coefficient (Wildman–Crippen LogP) is 2.01. The molecule has 0 spiro atoms. The molecule has 3 rings (SSSR count). The first-order valence-corrected chi connectivity index (χ1v) is 8.25. The van der Waals surface area contributed by atoms with Gasteiger partial charge in [0.05, 0.1) is 6.21 Å². The number of hydrogen-bond acceptors (Lipinski definition) is 7. The monoisotopic (exact) mass is 351 g/mol. The van der Waals surface area contributed by atoms with E-state index in [4.69, 9.17) is 4.74 Å². The van der Waals surface area contributed by atoms with Gasteiger partial charge < -0.3 is 10.1 Å². The fraction of sp³-hybridized carbons (Fsp3) is 0.222. The lowest BCUT2D eigenvalue weighted by atomic mass is 10.2. The van der Waals surface area contributed by atoms with E-state index in [0.29, 0.717) is 24.8 Å². The van der Waals surface area contributed by atoms with Gasteiger partial charge in [0, 0.05) is 25.0 Å². The molecular formula is C18H21N7O. The Hall–Kier alpha value is -3.26. The van der Waals surface area contributed by atoms with E-state index in [1.54, 1.807) is 35.6 Å². The van der Waals surface area contributed by atoms with Crippen molar-refractivity contribution in [1.82, 2.24) is 24.8 Å². The number of nitrogens with one attached hydrogen (secondary N) is 2. The van der Waals surface area contributed by atoms with E-state index in [9.17, 15) is 0 Å². The minimum absolute atomic E-state index is 0.278. The Bertz CT molecular complexity index is 862. The van der Waals surface area contributed by atoms with Gasteiger partial charge in [-0.15, -0.1) is 0 Å². The number of hydrazone groups is 1. The number of aromatic nitrogens is 4. The third-order valence-electron chi connectivity index (χ3n) is 3.48. The molecule has 0 amide bonds. The van der Waals surface area contributed by atoms with Crippen LogP contribution in [0, 0.1) is 6.92 Å². The summed E-state index contributed by atoms with van der Waals surface area (Å²) < 4.78 is 7.38. The van der Waals surface area contributed by atoms with Crippen molar-refractivity contribution in [3.8, 4) is 11.8 Å². The van der Waals surface area contributed by atoms with Gasteiger partial charge in [-0.3, -0.25) is 9.99 Å². The Kier molecular flexibility index (Phi) is 5.89. The first-order chi connectivity index (χ1) is 12.7. The molecule has 8 nitrogen and oxygen atoms in total. The van der Waals surface area contributed by atoms with Crippen molar-refractivity contribution >= 4 is 12.0 Å². The van der Waals surface area contributed by atoms with E-state index in [0.717, 1.165) is 5.56 Å². The number of rotatable bonds is 8. The molecule has 0 saturated carbocycles. The Balaban J connectivity index is 1.78. The molecule has 2 N–H and O–H groups in total. The summed E-state index contributed by atoms with van der Waals surface area (Å²) in [5.74, 6) is 1.18. The SMILES string of the molecule is CNCCOc1nc(N/N=C/c2cccc(C)c2)cc(-n2ccnc2)n1. The number of imidazole rings is 1. The quantitative estimate of drug-likeness (QED) is 0.367. The van der Waals surface area contributed by atoms with Gasteiger partial charge in [-0.1, -0.05) is 29.8 Å². The summed E-state index contributed by atoms with van der Waals surface area (Å²) in [6.07, 6.45) is 6.90. The molecular weight excluding hydrogens is 330 g/mol. The molecule has 134 valence electrons. The first-order valence-electron chi connectivity index (χ1n) is 8.25. The molecule has 0 radical (unpaired) electrons. The Labute approximate surface area is 152 Å². The highest BCUT2D eigenvalue weighted by molar-refractivity contribution is 5.80. The standard InChI is InChI=1S/C18H21N7O/c1-14-4-3-5-15(10-14)12-21-24-16-11-17(25-8-6-20-13-25)23-18(22-16)26-9-7-19-2/h3-6,8,10-13,19H,7,9H2,1-2H3,(H,22,23,24)/b21-12+. The lowest BCUT2D eigenvalue weighted by Crippen LogP contribution is -2.17. The number of ether oxygens (including phenoxy) is 1. The molecule has 0 aliphatic heterocycles. The van der Waals surface area contributed by atoms with E-state index in [-0.39, 0.29) is 6.01 Å². The lowest BCUT2D eigenvalue weighted by Gasteiger charge is -2.09. The van der Waals surface area contributed by atoms with Crippen LogP contribution in [0.2, 0.25) is 0 Å². The van der Waals surface area contributed by atoms with Crippen molar-refractivity contribution in [2.75, 3.05) is 25.6 Å². The van der Waals surface area contributed by atoms with Crippen molar-refractivity contribution in [2.24, 2.45) is 5.10 Å². The third-order valence-corrected chi connectivity index (χ3v) is 3.48. The second-order valence-corrected chi connectivity index (χ2v) is 5.60. The minimum Gasteiger partial charge on any atom is -0.462 e. The Morgan fingerprint density at radius 3 is 2.96 bits per heavy atom. The Morgan fingerprint density at radius 1 is 1.27 bits per heavy atom. The van der Waals surface area contributed by atoms with Crippen LogP contribution in [0.5, 0.6) is 6.01 Å². The van der Waals surface area contributed by atoms with Gasteiger partial charge in [-0.2, -0.15) is 15.1 Å². The average Bonchev–Trinajstić information content (AvgIpc) is 3.17. The maximum atomic E-state index is 5.60. The summed E-state index contributed by atoms with van der Waals surface area (Å²) in [7, 11) is 1.86. The highest BCUT2D eigenvalue weighted by atomic mass is 16.5. The first kappa shape index (κ1) is 17.6. The second kappa shape index (κ2) is 8.72. The van der Waals surface area contributed by atoms with Crippen LogP contribution in [-0.4, -0.2) is 45.9 Å². The lowest BCUT2D eigenvalue weighted by molar-refractivity contribution is 0.293. The number of benzene rings is 1. The molecule has 0 aliphatic rings. The highest BCUT2D eigenvalue weighted by Crippen LogP contribution is 2.15. The van der Waals surface area contributed by atoms with Gasteiger partial charge in [0.2, 0.25) is 0 Å². The van der Waals surface area contributed by atoms with E-state index in [1.807, 2.05) is 38.2 Å². The summed E-state index contributed by atoms with van der Waals surface area (Å²) in [6, 6.07) is 10.1. The summed E-state index contributed by atoms with van der Waals surface area (Å²) in [5, 5.41) is 7.27. The molecule has 2 heterocycles. The molecule has 0 atom stereocenters. The minimum atomic E-state index is 0.278. The van der Waals surface area contributed by atoms with Gasteiger partial charge in [-0.25, -0.2) is 4.98 Å². The van der Waals surface area contributed by atoms with Crippen LogP contribution in [0.3, 0.4) is 0 Å². The zero-order valence-electron chi connectivity index (χ0n) is 14.8. The van der Waals surface area contributed by atoms with Crippen LogP contribution < -0.4 is 15.5 Å². The number of hydrogen-bond donors (Lipinski definition) is 2. The molecule has 3 aromatic rings. The molecule has 0 bridgehead atoms. The van der Waals surface area contributed by atoms with Crippen LogP contribution in [0.1, 0.15) is 11.1 Å². The van der Waals surface area contributed by atoms with E-state index in [2.05, 4.69) is 30.8 Å². The highest BCUT2D eigenvalue weighted by Gasteiger charge is 2.07. The summed E-state index contributed by atoms with van der Waals surface area (Å²) >= 11 is 0. The largest absolute Gasteiger partial charge is 0.462 e. The van der Waals surface area contributed by atoms with Crippen LogP contribution in [0.25, 0.3) is 5.82 Å². The molecule has 0 aliphatic carbocycles. The molecule has 2 aromatic heterocycles. The maximum Gasteiger partial charge on any atom is 0.320 e. The van der Waals surface area contributed by atoms with Gasteiger partial charge in [0.1, 0.15) is 18.8 Å². The van der Waals surface area contributed by atoms with Gasteiger partial charge in [0.25, 0.3) is 0 Å². The van der Waals surface area contributed by atoms with Crippen LogP contribution in [0.15, 0.2) is 54.2 Å². The fourth-order valence-electron chi connectivity index (χ4n) is 2.23. The molecule has 0 saturated heterocycles. The number of likely N-dealkylation sites (N-methyl/N-ethyl adjacent to an activating group) is 1. The second-order valence-electron chi connectivity index (χ2n) is 5.60. The van der Waals surface area contributed by atoms with Gasteiger partial charge in [-0.05, 0) is 19.5 Å². The van der Waals surface area contributed by atoms with Crippen molar-refractivity contribution in [2.45, 2.75) is 6.92 Å². The van der Waals surface area contributed by atoms with Crippen molar-refractivity contribution in [1.29, 1.82) is 0 Å². The van der Waals surface area contributed by atoms with Crippen molar-refractivity contribution < 1.29 is 4.74 Å². The predicted molar refractivity (Wildman–Crippen MR) is 101 cm³/mol. The average molecular weight is 351 g/mol. The van der Waals surface area contributed by atoms with Gasteiger partial charge >= 0.3 is 6.01 Å². The fourth-order valence-corrected chi connectivity index (χ4v) is 2.23. The summed E-state index contributed by atoms with van der Waals surface area (Å²) in [4.78, 5) is 12.8. The zero-order valence-corrected chi connectivity index (χ0v) is 14.8. The molecule has 26 heavy (non-hydrogen) atoms. The maximum absolute atomic E-state index is 5.60. The normalized spacial score (nSPS) is 11.0. The van der Waals surface area contributed by atoms with E-state index in [1.165, 1.54) is 5.56 Å². The van der Waals surface area contributed by atoms with E-state index < -0.39 is 0 Å². The smallest absolute Gasteiger partial charge is 0.320 e. The summed E-state index contributed by atoms with van der Waals surface area (Å²) in [5.41, 5.74) is 5.12.